The smallest absolute Gasteiger partial charge is 0.0701 e. The van der Waals surface area contributed by atoms with Crippen molar-refractivity contribution in [3.05, 3.63) is 55.6 Å². The van der Waals surface area contributed by atoms with Gasteiger partial charge in [-0.1, -0.05) is 23.7 Å². The zero-order chi connectivity index (χ0) is 11.5. The summed E-state index contributed by atoms with van der Waals surface area (Å²) in [5.74, 6) is 0. The largest absolute Gasteiger partial charge is 0.323 e. The molecule has 0 saturated carbocycles. The molecular weight excluding hydrogens is 306 g/mol. The van der Waals surface area contributed by atoms with E-state index in [4.69, 9.17) is 17.3 Å². The minimum atomic E-state index is 0.0532. The van der Waals surface area contributed by atoms with Crippen LogP contribution >= 0.6 is 38.9 Å². The Morgan fingerprint density at radius 2 is 1.88 bits per heavy atom. The third-order valence-corrected chi connectivity index (χ3v) is 4.34. The Morgan fingerprint density at radius 1 is 1.19 bits per heavy atom. The van der Waals surface area contributed by atoms with Crippen LogP contribution in [-0.4, -0.2) is 0 Å². The fraction of sp³-hybridized carbons (Fsp3) is 0.167. The molecule has 16 heavy (non-hydrogen) atoms. The summed E-state index contributed by atoms with van der Waals surface area (Å²) < 4.78 is 1.12. The Hall–Kier alpha value is -0.350. The predicted molar refractivity (Wildman–Crippen MR) is 74.1 cm³/mol. The van der Waals surface area contributed by atoms with Gasteiger partial charge in [0.25, 0.3) is 0 Å². The number of hydrogen-bond donors (Lipinski definition) is 1. The molecule has 0 aliphatic rings. The van der Waals surface area contributed by atoms with Crippen LogP contribution in [-0.2, 0) is 6.42 Å². The number of nitrogens with two attached hydrogens (primary N) is 1. The fourth-order valence-electron chi connectivity index (χ4n) is 1.50. The molecule has 1 aromatic heterocycles. The van der Waals surface area contributed by atoms with Gasteiger partial charge in [0.05, 0.1) is 3.79 Å². The summed E-state index contributed by atoms with van der Waals surface area (Å²) in [6, 6.07) is 12.0. The van der Waals surface area contributed by atoms with Gasteiger partial charge < -0.3 is 5.73 Å². The molecule has 4 heteroatoms. The molecule has 84 valence electrons. The van der Waals surface area contributed by atoms with Crippen LogP contribution in [0.2, 0.25) is 5.02 Å². The summed E-state index contributed by atoms with van der Waals surface area (Å²) in [7, 11) is 0. The second kappa shape index (κ2) is 5.32. The minimum Gasteiger partial charge on any atom is -0.323 e. The monoisotopic (exact) mass is 315 g/mol. The molecule has 0 bridgehead atoms. The van der Waals surface area contributed by atoms with E-state index in [0.717, 1.165) is 15.2 Å². The second-order valence-electron chi connectivity index (χ2n) is 3.58. The van der Waals surface area contributed by atoms with Gasteiger partial charge >= 0.3 is 0 Å². The van der Waals surface area contributed by atoms with E-state index in [1.54, 1.807) is 11.3 Å². The molecule has 1 nitrogen and oxygen atoms in total. The average Bonchev–Trinajstić information content (AvgIpc) is 2.68. The summed E-state index contributed by atoms with van der Waals surface area (Å²) in [5, 5.41) is 0.760. The molecule has 0 spiro atoms. The van der Waals surface area contributed by atoms with Crippen molar-refractivity contribution in [2.45, 2.75) is 12.5 Å². The standard InChI is InChI=1S/C12H11BrClNS/c13-12-6-5-11(16-12)10(15)7-8-1-3-9(14)4-2-8/h1-6,10H,7,15H2. The van der Waals surface area contributed by atoms with Crippen molar-refractivity contribution >= 4 is 38.9 Å². The summed E-state index contributed by atoms with van der Waals surface area (Å²) >= 11 is 11.0. The van der Waals surface area contributed by atoms with Crippen molar-refractivity contribution in [2.24, 2.45) is 5.73 Å². The van der Waals surface area contributed by atoms with Crippen molar-refractivity contribution in [2.75, 3.05) is 0 Å². The molecule has 0 radical (unpaired) electrons. The molecular formula is C12H11BrClNS. The molecule has 1 unspecified atom stereocenters. The van der Waals surface area contributed by atoms with Crippen molar-refractivity contribution < 1.29 is 0 Å². The van der Waals surface area contributed by atoms with Crippen LogP contribution < -0.4 is 5.73 Å². The van der Waals surface area contributed by atoms with E-state index in [1.807, 2.05) is 30.3 Å². The van der Waals surface area contributed by atoms with Crippen LogP contribution in [0.1, 0.15) is 16.5 Å². The van der Waals surface area contributed by atoms with Gasteiger partial charge in [-0.15, -0.1) is 11.3 Å². The number of rotatable bonds is 3. The first kappa shape index (κ1) is 12.1. The normalized spacial score (nSPS) is 12.7. The molecule has 1 heterocycles. The molecule has 1 aromatic carbocycles. The Balaban J connectivity index is 2.07. The Labute approximate surface area is 112 Å². The highest BCUT2D eigenvalue weighted by Crippen LogP contribution is 2.28. The van der Waals surface area contributed by atoms with E-state index >= 15 is 0 Å². The number of thiophene rings is 1. The second-order valence-corrected chi connectivity index (χ2v) is 6.51. The fourth-order valence-corrected chi connectivity index (χ4v) is 3.05. The van der Waals surface area contributed by atoms with E-state index in [1.165, 1.54) is 10.4 Å². The van der Waals surface area contributed by atoms with Gasteiger partial charge in [-0.3, -0.25) is 0 Å². The van der Waals surface area contributed by atoms with Crippen LogP contribution in [0.25, 0.3) is 0 Å². The third-order valence-electron chi connectivity index (χ3n) is 2.33. The molecule has 0 amide bonds. The highest BCUT2D eigenvalue weighted by Gasteiger charge is 2.09. The molecule has 2 aromatic rings. The average molecular weight is 317 g/mol. The molecule has 0 aliphatic carbocycles. The van der Waals surface area contributed by atoms with E-state index in [0.29, 0.717) is 0 Å². The Bertz CT molecular complexity index is 466. The molecule has 2 N–H and O–H groups in total. The van der Waals surface area contributed by atoms with E-state index in [2.05, 4.69) is 22.0 Å². The number of benzene rings is 1. The van der Waals surface area contributed by atoms with Crippen molar-refractivity contribution in [3.8, 4) is 0 Å². The lowest BCUT2D eigenvalue weighted by molar-refractivity contribution is 0.736. The van der Waals surface area contributed by atoms with Gasteiger partial charge in [-0.05, 0) is 52.2 Å². The molecule has 0 aliphatic heterocycles. The first-order valence-corrected chi connectivity index (χ1v) is 6.89. The molecule has 1 atom stereocenters. The molecule has 0 saturated heterocycles. The van der Waals surface area contributed by atoms with Gasteiger partial charge in [0.15, 0.2) is 0 Å². The van der Waals surface area contributed by atoms with E-state index in [-0.39, 0.29) is 6.04 Å². The van der Waals surface area contributed by atoms with Gasteiger partial charge in [0.1, 0.15) is 0 Å². The van der Waals surface area contributed by atoms with Crippen LogP contribution in [0.4, 0.5) is 0 Å². The first-order valence-electron chi connectivity index (χ1n) is 4.90. The lowest BCUT2D eigenvalue weighted by Crippen LogP contribution is -2.11. The summed E-state index contributed by atoms with van der Waals surface area (Å²) in [6.07, 6.45) is 0.837. The molecule has 2 rings (SSSR count). The number of hydrogen-bond acceptors (Lipinski definition) is 2. The van der Waals surface area contributed by atoms with Crippen LogP contribution in [0, 0.1) is 0 Å². The van der Waals surface area contributed by atoms with E-state index < -0.39 is 0 Å². The minimum absolute atomic E-state index is 0.0532. The Kier molecular flexibility index (Phi) is 4.03. The zero-order valence-corrected chi connectivity index (χ0v) is 11.6. The lowest BCUT2D eigenvalue weighted by atomic mass is 10.1. The highest BCUT2D eigenvalue weighted by atomic mass is 79.9. The zero-order valence-electron chi connectivity index (χ0n) is 8.49. The van der Waals surface area contributed by atoms with Crippen LogP contribution in [0.3, 0.4) is 0 Å². The maximum Gasteiger partial charge on any atom is 0.0701 e. The lowest BCUT2D eigenvalue weighted by Gasteiger charge is -2.09. The van der Waals surface area contributed by atoms with Crippen LogP contribution in [0.5, 0.6) is 0 Å². The van der Waals surface area contributed by atoms with Crippen molar-refractivity contribution in [1.82, 2.24) is 0 Å². The van der Waals surface area contributed by atoms with Crippen molar-refractivity contribution in [3.63, 3.8) is 0 Å². The van der Waals surface area contributed by atoms with Gasteiger partial charge in [-0.25, -0.2) is 0 Å². The number of halogens is 2. The quantitative estimate of drug-likeness (QED) is 0.892. The summed E-state index contributed by atoms with van der Waals surface area (Å²) in [5.41, 5.74) is 7.34. The van der Waals surface area contributed by atoms with Gasteiger partial charge in [0, 0.05) is 15.9 Å². The maximum atomic E-state index is 6.14. The van der Waals surface area contributed by atoms with E-state index in [9.17, 15) is 0 Å². The highest BCUT2D eigenvalue weighted by molar-refractivity contribution is 9.11. The van der Waals surface area contributed by atoms with Crippen molar-refractivity contribution in [1.29, 1.82) is 0 Å². The van der Waals surface area contributed by atoms with Crippen LogP contribution in [0.15, 0.2) is 40.2 Å². The topological polar surface area (TPSA) is 26.0 Å². The van der Waals surface area contributed by atoms with Gasteiger partial charge in [-0.2, -0.15) is 0 Å². The first-order chi connectivity index (χ1) is 7.65. The Morgan fingerprint density at radius 3 is 2.44 bits per heavy atom. The third kappa shape index (κ3) is 3.08. The van der Waals surface area contributed by atoms with Gasteiger partial charge in [0.2, 0.25) is 0 Å². The summed E-state index contributed by atoms with van der Waals surface area (Å²) in [6.45, 7) is 0. The SMILES string of the molecule is NC(Cc1ccc(Cl)cc1)c1ccc(Br)s1. The molecule has 0 fully saturated rings. The summed E-state index contributed by atoms with van der Waals surface area (Å²) in [4.78, 5) is 1.20. The maximum absolute atomic E-state index is 6.14. The predicted octanol–water partition coefficient (Wildman–Crippen LogP) is 4.41.